The molecule has 3 atom stereocenters. The Kier molecular flexibility index (Phi) is 13.2. The van der Waals surface area contributed by atoms with Gasteiger partial charge in [-0.1, -0.05) is 80.9 Å². The fourth-order valence-electron chi connectivity index (χ4n) is 5.84. The quantitative estimate of drug-likeness (QED) is 0.131. The highest BCUT2D eigenvalue weighted by Crippen LogP contribution is 2.40. The van der Waals surface area contributed by atoms with E-state index in [4.69, 9.17) is 4.74 Å². The van der Waals surface area contributed by atoms with Gasteiger partial charge in [-0.25, -0.2) is 9.37 Å². The van der Waals surface area contributed by atoms with Gasteiger partial charge in [0.25, 0.3) is 5.91 Å². The van der Waals surface area contributed by atoms with Crippen LogP contribution in [0.15, 0.2) is 23.7 Å². The number of aryl methyl sites for hydroxylation is 1. The molecule has 3 amide bonds. The number of hydrogen-bond acceptors (Lipinski definition) is 7. The highest BCUT2D eigenvalue weighted by atomic mass is 79.9. The molecule has 0 spiro atoms. The maximum Gasteiger partial charge on any atom is 0.258 e. The molecule has 2 aliphatic rings. The van der Waals surface area contributed by atoms with E-state index in [-0.39, 0.29) is 32.4 Å². The first-order chi connectivity index (χ1) is 22.3. The molecule has 1 saturated heterocycles. The van der Waals surface area contributed by atoms with Gasteiger partial charge in [-0.15, -0.1) is 11.3 Å². The van der Waals surface area contributed by atoms with E-state index in [1.54, 1.807) is 32.1 Å². The molecule has 3 N–H and O–H groups in total. The van der Waals surface area contributed by atoms with Crippen LogP contribution in [0.4, 0.5) is 4.39 Å². The monoisotopic (exact) mass is 736 g/mol. The molecule has 1 aliphatic heterocycles. The number of carbonyl (C=O) groups excluding carboxylic acids is 3. The summed E-state index contributed by atoms with van der Waals surface area (Å²) in [6.07, 6.45) is 7.55. The maximum absolute atomic E-state index is 14.5. The lowest BCUT2D eigenvalue weighted by Gasteiger charge is -2.35. The van der Waals surface area contributed by atoms with E-state index in [2.05, 4.69) is 31.5 Å². The Morgan fingerprint density at radius 3 is 2.45 bits per heavy atom. The second-order valence-electron chi connectivity index (χ2n) is 14.0. The summed E-state index contributed by atoms with van der Waals surface area (Å²) in [4.78, 5) is 46.7. The number of aliphatic hydroxyl groups is 1. The number of unbranched alkanes of at least 4 members (excludes halogenated alkanes) is 6. The van der Waals surface area contributed by atoms with Crippen LogP contribution < -0.4 is 15.4 Å². The molecule has 2 unspecified atom stereocenters. The number of ether oxygens (including phenoxy) is 1. The molecule has 1 aromatic carbocycles. The van der Waals surface area contributed by atoms with Crippen LogP contribution in [0.25, 0.3) is 10.4 Å². The van der Waals surface area contributed by atoms with Crippen molar-refractivity contribution in [3.05, 3.63) is 35.0 Å². The van der Waals surface area contributed by atoms with Gasteiger partial charge in [-0.05, 0) is 49.7 Å². The van der Waals surface area contributed by atoms with Crippen molar-refractivity contribution in [1.29, 1.82) is 0 Å². The smallest absolute Gasteiger partial charge is 0.258 e. The molecular weight excluding hydrogens is 687 g/mol. The van der Waals surface area contributed by atoms with Crippen molar-refractivity contribution in [3.8, 4) is 16.2 Å². The van der Waals surface area contributed by atoms with Gasteiger partial charge in [0.1, 0.15) is 17.8 Å². The topological polar surface area (TPSA) is 121 Å². The SMILES string of the molecule is Cc1ncsc1-c1ccc(CNC(=O)C2CC(O)CN2C(=O)[C@@H](NC(=O)C2(F)CC2)C(C)(C)C)c(OCCCCCCCCCBr)c1. The highest BCUT2D eigenvalue weighted by molar-refractivity contribution is 9.09. The lowest BCUT2D eigenvalue weighted by molar-refractivity contribution is -0.145. The Labute approximate surface area is 290 Å². The molecule has 2 heterocycles. The number of aliphatic hydroxyl groups excluding tert-OH is 1. The zero-order chi connectivity index (χ0) is 34.2. The fraction of sp³-hybridized carbons (Fsp3) is 0.657. The Hall–Kier alpha value is -2.57. The van der Waals surface area contributed by atoms with E-state index in [1.807, 2.05) is 30.6 Å². The van der Waals surface area contributed by atoms with Crippen molar-refractivity contribution >= 4 is 45.0 Å². The molecule has 2 aromatic rings. The molecule has 12 heteroatoms. The van der Waals surface area contributed by atoms with Gasteiger partial charge < -0.3 is 25.4 Å². The summed E-state index contributed by atoms with van der Waals surface area (Å²) < 4.78 is 20.8. The number of alkyl halides is 2. The first kappa shape index (κ1) is 37.3. The Morgan fingerprint density at radius 1 is 1.15 bits per heavy atom. The molecular formula is C35H50BrFN4O5S. The average Bonchev–Trinajstić information content (AvgIpc) is 3.44. The minimum atomic E-state index is -1.94. The Morgan fingerprint density at radius 2 is 1.83 bits per heavy atom. The number of nitrogens with one attached hydrogen (secondary N) is 2. The maximum atomic E-state index is 14.5. The summed E-state index contributed by atoms with van der Waals surface area (Å²) in [7, 11) is 0. The van der Waals surface area contributed by atoms with Crippen LogP contribution in [0.1, 0.15) is 96.2 Å². The Balaban J connectivity index is 1.41. The third-order valence-corrected chi connectivity index (χ3v) is 10.5. The molecule has 260 valence electrons. The van der Waals surface area contributed by atoms with E-state index in [9.17, 15) is 23.9 Å². The van der Waals surface area contributed by atoms with Crippen LogP contribution in [0.3, 0.4) is 0 Å². The lowest BCUT2D eigenvalue weighted by Crippen LogP contribution is -2.59. The van der Waals surface area contributed by atoms with E-state index in [1.165, 1.54) is 37.0 Å². The van der Waals surface area contributed by atoms with Gasteiger partial charge in [0, 0.05) is 30.4 Å². The summed E-state index contributed by atoms with van der Waals surface area (Å²) in [5, 5.41) is 17.1. The van der Waals surface area contributed by atoms with E-state index >= 15 is 0 Å². The largest absolute Gasteiger partial charge is 0.493 e. The molecule has 9 nitrogen and oxygen atoms in total. The zero-order valence-electron chi connectivity index (χ0n) is 28.1. The summed E-state index contributed by atoms with van der Waals surface area (Å²) in [5.74, 6) is -1.04. The van der Waals surface area contributed by atoms with Crippen LogP contribution in [-0.2, 0) is 20.9 Å². The summed E-state index contributed by atoms with van der Waals surface area (Å²) >= 11 is 5.05. The first-order valence-electron chi connectivity index (χ1n) is 16.8. The van der Waals surface area contributed by atoms with E-state index < -0.39 is 47.0 Å². The highest BCUT2D eigenvalue weighted by Gasteiger charge is 2.53. The number of halogens is 2. The van der Waals surface area contributed by atoms with Crippen molar-refractivity contribution in [2.75, 3.05) is 18.5 Å². The number of benzene rings is 1. The molecule has 1 aromatic heterocycles. The average molecular weight is 738 g/mol. The van der Waals surface area contributed by atoms with Crippen molar-refractivity contribution in [1.82, 2.24) is 20.5 Å². The summed E-state index contributed by atoms with van der Waals surface area (Å²) in [6, 6.07) is 3.94. The van der Waals surface area contributed by atoms with Crippen molar-refractivity contribution < 1.29 is 28.6 Å². The molecule has 0 radical (unpaired) electrons. The number of hydrogen-bond donors (Lipinski definition) is 3. The molecule has 4 rings (SSSR count). The number of rotatable bonds is 17. The Bertz CT molecular complexity index is 1380. The van der Waals surface area contributed by atoms with E-state index in [0.29, 0.717) is 12.4 Å². The molecule has 2 fully saturated rings. The number of thiazole rings is 1. The predicted octanol–water partition coefficient (Wildman–Crippen LogP) is 6.23. The molecule has 1 aliphatic carbocycles. The molecule has 0 bridgehead atoms. The van der Waals surface area contributed by atoms with Crippen molar-refractivity contribution in [3.63, 3.8) is 0 Å². The van der Waals surface area contributed by atoms with Gasteiger partial charge in [0.05, 0.1) is 28.8 Å². The second-order valence-corrected chi connectivity index (χ2v) is 15.6. The minimum Gasteiger partial charge on any atom is -0.493 e. The van der Waals surface area contributed by atoms with E-state index in [0.717, 1.165) is 39.9 Å². The number of aromatic nitrogens is 1. The number of likely N-dealkylation sites (tertiary alicyclic amines) is 1. The second kappa shape index (κ2) is 16.7. The normalized spacial score (nSPS) is 19.3. The van der Waals surface area contributed by atoms with Gasteiger partial charge >= 0.3 is 0 Å². The summed E-state index contributed by atoms with van der Waals surface area (Å²) in [5.41, 5.74) is 1.87. The predicted molar refractivity (Wildman–Crippen MR) is 186 cm³/mol. The summed E-state index contributed by atoms with van der Waals surface area (Å²) in [6.45, 7) is 7.99. The standard InChI is InChI=1S/C35H50BrFN4O5S/c1-23-29(47-22-39-23)24-12-13-25(28(18-24)46-17-11-9-7-5-6-8-10-16-36)20-38-31(43)27-19-26(42)21-41(27)32(44)30(34(2,3)4)40-33(45)35(37)14-15-35/h12-13,18,22,26-27,30,42H,5-11,14-17,19-21H2,1-4H3,(H,38,43)(H,40,45)/t26?,27?,30-/m1/s1. The number of carbonyl (C=O) groups is 3. The molecule has 1 saturated carbocycles. The fourth-order valence-corrected chi connectivity index (χ4v) is 7.03. The number of amides is 3. The van der Waals surface area contributed by atoms with Gasteiger partial charge in [-0.2, -0.15) is 0 Å². The number of nitrogens with zero attached hydrogens (tertiary/aromatic N) is 2. The lowest BCUT2D eigenvalue weighted by atomic mass is 9.85. The minimum absolute atomic E-state index is 0.0477. The molecule has 47 heavy (non-hydrogen) atoms. The van der Waals surface area contributed by atoms with Crippen molar-refractivity contribution in [2.45, 2.75) is 122 Å². The first-order valence-corrected chi connectivity index (χ1v) is 18.8. The van der Waals surface area contributed by atoms with Crippen molar-refractivity contribution in [2.24, 2.45) is 5.41 Å². The third kappa shape index (κ3) is 10.2. The third-order valence-electron chi connectivity index (χ3n) is 8.91. The van der Waals surface area contributed by atoms with Crippen LogP contribution >= 0.6 is 27.3 Å². The zero-order valence-corrected chi connectivity index (χ0v) is 30.5. The van der Waals surface area contributed by atoms with Crippen LogP contribution in [0.2, 0.25) is 0 Å². The van der Waals surface area contributed by atoms with Crippen LogP contribution in [0.5, 0.6) is 5.75 Å². The van der Waals surface area contributed by atoms with Gasteiger partial charge in [0.15, 0.2) is 5.67 Å². The van der Waals surface area contributed by atoms with Crippen LogP contribution in [-0.4, -0.2) is 75.1 Å². The van der Waals surface area contributed by atoms with Gasteiger partial charge in [0.2, 0.25) is 11.8 Å². The van der Waals surface area contributed by atoms with Gasteiger partial charge in [-0.3, -0.25) is 14.4 Å². The van der Waals surface area contributed by atoms with Crippen LogP contribution in [0, 0.1) is 12.3 Å². The number of β-amino-alcohol motifs (C(OH)–C–C–N with tert-alkyl or cyclic N) is 1.